The molecule has 19 heavy (non-hydrogen) atoms. The molecule has 2 rings (SSSR count). The lowest BCUT2D eigenvalue weighted by Crippen LogP contribution is -1.98. The summed E-state index contributed by atoms with van der Waals surface area (Å²) in [5.41, 5.74) is 7.48. The molecule has 0 saturated carbocycles. The molecule has 0 spiro atoms. The van der Waals surface area contributed by atoms with E-state index in [-0.39, 0.29) is 0 Å². The van der Waals surface area contributed by atoms with Crippen molar-refractivity contribution in [1.82, 2.24) is 0 Å². The van der Waals surface area contributed by atoms with Crippen molar-refractivity contribution in [3.8, 4) is 17.2 Å². The molecule has 0 fully saturated rings. The third-order valence-corrected chi connectivity index (χ3v) is 3.20. The molecule has 2 aromatic rings. The van der Waals surface area contributed by atoms with Gasteiger partial charge in [-0.3, -0.25) is 0 Å². The second-order valence-electron chi connectivity index (χ2n) is 4.08. The largest absolute Gasteiger partial charge is 0.493 e. The Balaban J connectivity index is 2.87. The van der Waals surface area contributed by atoms with Gasteiger partial charge < -0.3 is 24.4 Å². The van der Waals surface area contributed by atoms with Crippen molar-refractivity contribution in [1.29, 1.82) is 0 Å². The standard InChI is InChI=1S/C14H19NO4/c1-5-8-11(7-15)19-9-6-10(16-2)13(17-3)14(18-4)12(8)9/h6H,5,7,15H2,1-4H3. The third-order valence-electron chi connectivity index (χ3n) is 3.20. The number of hydrogen-bond donors (Lipinski definition) is 1. The predicted molar refractivity (Wildman–Crippen MR) is 73.1 cm³/mol. The van der Waals surface area contributed by atoms with E-state index in [0.29, 0.717) is 29.4 Å². The summed E-state index contributed by atoms with van der Waals surface area (Å²) in [6, 6.07) is 1.80. The van der Waals surface area contributed by atoms with Gasteiger partial charge in [0.2, 0.25) is 5.75 Å². The Hall–Kier alpha value is -1.88. The van der Waals surface area contributed by atoms with Gasteiger partial charge in [0.25, 0.3) is 0 Å². The minimum atomic E-state index is 0.353. The highest BCUT2D eigenvalue weighted by Crippen LogP contribution is 2.46. The topological polar surface area (TPSA) is 66.9 Å². The molecule has 0 aliphatic rings. The van der Waals surface area contributed by atoms with Gasteiger partial charge in [-0.1, -0.05) is 6.92 Å². The molecule has 0 unspecified atom stereocenters. The zero-order valence-electron chi connectivity index (χ0n) is 11.7. The summed E-state index contributed by atoms with van der Waals surface area (Å²) in [7, 11) is 4.77. The zero-order valence-corrected chi connectivity index (χ0v) is 11.7. The Morgan fingerprint density at radius 2 is 1.79 bits per heavy atom. The van der Waals surface area contributed by atoms with E-state index >= 15 is 0 Å². The molecule has 0 aliphatic heterocycles. The van der Waals surface area contributed by atoms with Crippen molar-refractivity contribution in [2.75, 3.05) is 21.3 Å². The fraction of sp³-hybridized carbons (Fsp3) is 0.429. The van der Waals surface area contributed by atoms with Crippen molar-refractivity contribution in [3.63, 3.8) is 0 Å². The van der Waals surface area contributed by atoms with E-state index in [0.717, 1.165) is 23.1 Å². The van der Waals surface area contributed by atoms with E-state index in [1.54, 1.807) is 27.4 Å². The average Bonchev–Trinajstić information content (AvgIpc) is 2.81. The Kier molecular flexibility index (Phi) is 3.85. The molecule has 5 heteroatoms. The van der Waals surface area contributed by atoms with Crippen LogP contribution in [0.3, 0.4) is 0 Å². The van der Waals surface area contributed by atoms with Crippen LogP contribution in [0.25, 0.3) is 11.0 Å². The summed E-state index contributed by atoms with van der Waals surface area (Å²) < 4.78 is 22.0. The van der Waals surface area contributed by atoms with E-state index < -0.39 is 0 Å². The van der Waals surface area contributed by atoms with Crippen LogP contribution in [0.15, 0.2) is 10.5 Å². The SMILES string of the molecule is CCc1c(CN)oc2cc(OC)c(OC)c(OC)c12. The van der Waals surface area contributed by atoms with Crippen LogP contribution in [-0.2, 0) is 13.0 Å². The van der Waals surface area contributed by atoms with Crippen LogP contribution >= 0.6 is 0 Å². The molecule has 104 valence electrons. The zero-order chi connectivity index (χ0) is 14.0. The third kappa shape index (κ3) is 2.00. The van der Waals surface area contributed by atoms with E-state index in [1.807, 2.05) is 0 Å². The van der Waals surface area contributed by atoms with Gasteiger partial charge in [-0.2, -0.15) is 0 Å². The Morgan fingerprint density at radius 3 is 2.26 bits per heavy atom. The number of nitrogens with two attached hydrogens (primary N) is 1. The van der Waals surface area contributed by atoms with Crippen LogP contribution in [-0.4, -0.2) is 21.3 Å². The maximum atomic E-state index is 5.78. The number of fused-ring (bicyclic) bond motifs is 1. The van der Waals surface area contributed by atoms with Gasteiger partial charge in [-0.25, -0.2) is 0 Å². The lowest BCUT2D eigenvalue weighted by molar-refractivity contribution is 0.326. The smallest absolute Gasteiger partial charge is 0.204 e. The minimum Gasteiger partial charge on any atom is -0.493 e. The molecule has 0 amide bonds. The Bertz CT molecular complexity index is 589. The average molecular weight is 265 g/mol. The number of aryl methyl sites for hydroxylation is 1. The number of benzene rings is 1. The van der Waals surface area contributed by atoms with Gasteiger partial charge in [0.15, 0.2) is 11.5 Å². The number of rotatable bonds is 5. The van der Waals surface area contributed by atoms with Gasteiger partial charge in [-0.05, 0) is 6.42 Å². The number of methoxy groups -OCH3 is 3. The minimum absolute atomic E-state index is 0.353. The Morgan fingerprint density at radius 1 is 1.11 bits per heavy atom. The highest BCUT2D eigenvalue weighted by molar-refractivity contribution is 5.93. The molecule has 0 atom stereocenters. The summed E-state index contributed by atoms with van der Waals surface area (Å²) in [5, 5.41) is 0.906. The molecule has 2 N–H and O–H groups in total. The van der Waals surface area contributed by atoms with Crippen LogP contribution < -0.4 is 19.9 Å². The van der Waals surface area contributed by atoms with Crippen LogP contribution in [0.5, 0.6) is 17.2 Å². The van der Waals surface area contributed by atoms with Crippen molar-refractivity contribution >= 4 is 11.0 Å². The van der Waals surface area contributed by atoms with Crippen LogP contribution in [0.4, 0.5) is 0 Å². The van der Waals surface area contributed by atoms with Crippen LogP contribution in [0.2, 0.25) is 0 Å². The summed E-state index contributed by atoms with van der Waals surface area (Å²) >= 11 is 0. The van der Waals surface area contributed by atoms with Crippen molar-refractivity contribution < 1.29 is 18.6 Å². The first kappa shape index (κ1) is 13.5. The normalized spacial score (nSPS) is 10.8. The van der Waals surface area contributed by atoms with Crippen LogP contribution in [0.1, 0.15) is 18.2 Å². The van der Waals surface area contributed by atoms with Gasteiger partial charge >= 0.3 is 0 Å². The molecule has 1 aromatic carbocycles. The van der Waals surface area contributed by atoms with E-state index in [1.165, 1.54) is 0 Å². The molecule has 1 aromatic heterocycles. The van der Waals surface area contributed by atoms with Crippen molar-refractivity contribution in [3.05, 3.63) is 17.4 Å². The molecule has 0 aliphatic carbocycles. The maximum absolute atomic E-state index is 5.78. The first-order chi connectivity index (χ1) is 9.21. The fourth-order valence-electron chi connectivity index (χ4n) is 2.37. The number of ether oxygens (including phenoxy) is 3. The van der Waals surface area contributed by atoms with Gasteiger partial charge in [0.05, 0.1) is 33.3 Å². The first-order valence-corrected chi connectivity index (χ1v) is 6.15. The molecule has 0 bridgehead atoms. The lowest BCUT2D eigenvalue weighted by atomic mass is 10.1. The number of furan rings is 1. The van der Waals surface area contributed by atoms with Crippen LogP contribution in [0, 0.1) is 0 Å². The quantitative estimate of drug-likeness (QED) is 0.899. The summed E-state index contributed by atoms with van der Waals surface area (Å²) in [4.78, 5) is 0. The molecular weight excluding hydrogens is 246 g/mol. The van der Waals surface area contributed by atoms with Gasteiger partial charge in [-0.15, -0.1) is 0 Å². The molecule has 0 radical (unpaired) electrons. The van der Waals surface area contributed by atoms with E-state index in [2.05, 4.69) is 6.92 Å². The maximum Gasteiger partial charge on any atom is 0.204 e. The number of hydrogen-bond acceptors (Lipinski definition) is 5. The fourth-order valence-corrected chi connectivity index (χ4v) is 2.37. The summed E-state index contributed by atoms with van der Waals surface area (Å²) in [5.74, 6) is 2.53. The summed E-state index contributed by atoms with van der Waals surface area (Å²) in [6.07, 6.45) is 0.811. The summed E-state index contributed by atoms with van der Waals surface area (Å²) in [6.45, 7) is 2.41. The van der Waals surface area contributed by atoms with E-state index in [4.69, 9.17) is 24.4 Å². The second-order valence-corrected chi connectivity index (χ2v) is 4.08. The monoisotopic (exact) mass is 265 g/mol. The molecule has 1 heterocycles. The highest BCUT2D eigenvalue weighted by Gasteiger charge is 2.22. The van der Waals surface area contributed by atoms with E-state index in [9.17, 15) is 0 Å². The van der Waals surface area contributed by atoms with Gasteiger partial charge in [0.1, 0.15) is 11.3 Å². The predicted octanol–water partition coefficient (Wildman–Crippen LogP) is 2.48. The first-order valence-electron chi connectivity index (χ1n) is 6.15. The molecular formula is C14H19NO4. The van der Waals surface area contributed by atoms with Crippen molar-refractivity contribution in [2.45, 2.75) is 19.9 Å². The second kappa shape index (κ2) is 5.40. The van der Waals surface area contributed by atoms with Crippen molar-refractivity contribution in [2.24, 2.45) is 5.73 Å². The molecule has 5 nitrogen and oxygen atoms in total. The van der Waals surface area contributed by atoms with Gasteiger partial charge in [0, 0.05) is 11.6 Å². The highest BCUT2D eigenvalue weighted by atomic mass is 16.5. The molecule has 0 saturated heterocycles. The lowest BCUT2D eigenvalue weighted by Gasteiger charge is -2.13. The Labute approximate surface area is 112 Å².